The number of aryl methyl sites for hydroxylation is 1. The summed E-state index contributed by atoms with van der Waals surface area (Å²) in [7, 11) is 0. The Bertz CT molecular complexity index is 1130. The van der Waals surface area contributed by atoms with Crippen LogP contribution in [0.3, 0.4) is 0 Å². The van der Waals surface area contributed by atoms with Gasteiger partial charge in [0.05, 0.1) is 4.88 Å². The molecule has 0 aliphatic carbocycles. The third-order valence-corrected chi connectivity index (χ3v) is 8.38. The van der Waals surface area contributed by atoms with Crippen molar-refractivity contribution in [3.63, 3.8) is 0 Å². The summed E-state index contributed by atoms with van der Waals surface area (Å²) in [6.45, 7) is 6.68. The minimum atomic E-state index is 0.158. The predicted octanol–water partition coefficient (Wildman–Crippen LogP) is 6.33. The number of carbonyl (C=O) groups is 1. The molecule has 0 saturated carbocycles. The van der Waals surface area contributed by atoms with E-state index in [-0.39, 0.29) is 11.9 Å². The maximum Gasteiger partial charge on any atom is 0.264 e. The first-order valence-electron chi connectivity index (χ1n) is 10.2. The second kappa shape index (κ2) is 7.95. The van der Waals surface area contributed by atoms with Gasteiger partial charge < -0.3 is 9.80 Å². The van der Waals surface area contributed by atoms with Crippen molar-refractivity contribution in [1.29, 1.82) is 0 Å². The van der Waals surface area contributed by atoms with E-state index in [4.69, 9.17) is 11.6 Å². The zero-order valence-electron chi connectivity index (χ0n) is 17.0. The van der Waals surface area contributed by atoms with Gasteiger partial charge in [0.15, 0.2) is 0 Å². The van der Waals surface area contributed by atoms with Crippen molar-refractivity contribution < 1.29 is 4.79 Å². The number of carbonyl (C=O) groups excluding carboxylic acids is 1. The van der Waals surface area contributed by atoms with E-state index in [0.29, 0.717) is 0 Å². The molecule has 0 N–H and O–H groups in total. The van der Waals surface area contributed by atoms with Crippen LogP contribution in [0.4, 0.5) is 5.69 Å². The van der Waals surface area contributed by atoms with E-state index in [1.807, 2.05) is 17.0 Å². The van der Waals surface area contributed by atoms with Gasteiger partial charge in [0.2, 0.25) is 0 Å². The topological polar surface area (TPSA) is 23.6 Å². The molecular formula is C24H23ClN2OS2. The van der Waals surface area contributed by atoms with Crippen molar-refractivity contribution in [2.75, 3.05) is 24.5 Å². The molecule has 1 aromatic heterocycles. The van der Waals surface area contributed by atoms with E-state index in [2.05, 4.69) is 55.1 Å². The first-order valence-corrected chi connectivity index (χ1v) is 12.4. The summed E-state index contributed by atoms with van der Waals surface area (Å²) in [5, 5.41) is 0.762. The summed E-state index contributed by atoms with van der Waals surface area (Å²) in [6, 6.07) is 17.0. The van der Waals surface area contributed by atoms with Crippen molar-refractivity contribution in [1.82, 2.24) is 4.90 Å². The van der Waals surface area contributed by atoms with Gasteiger partial charge in [-0.05, 0) is 55.3 Å². The normalized spacial score (nSPS) is 18.2. The molecule has 3 heterocycles. The van der Waals surface area contributed by atoms with Crippen molar-refractivity contribution in [3.8, 4) is 10.4 Å². The molecule has 1 atom stereocenters. The fourth-order valence-electron chi connectivity index (χ4n) is 4.32. The van der Waals surface area contributed by atoms with Gasteiger partial charge in [-0.15, -0.1) is 23.1 Å². The highest BCUT2D eigenvalue weighted by molar-refractivity contribution is 7.98. The molecule has 5 rings (SSSR count). The number of hydrogen-bond donors (Lipinski definition) is 0. The van der Waals surface area contributed by atoms with Gasteiger partial charge in [-0.2, -0.15) is 0 Å². The molecule has 0 radical (unpaired) electrons. The molecular weight excluding hydrogens is 432 g/mol. The molecule has 0 spiro atoms. The summed E-state index contributed by atoms with van der Waals surface area (Å²) in [4.78, 5) is 21.0. The SMILES string of the molecule is Cc1cccc(N2CCN(C(=O)c3cc4c(s3)-c3ccc(Cl)cc3SC4)C[C@H]2C)c1. The molecule has 2 aliphatic heterocycles. The lowest BCUT2D eigenvalue weighted by atomic mass is 10.1. The molecule has 1 fully saturated rings. The number of nitrogens with zero attached hydrogens (tertiary/aromatic N) is 2. The molecule has 2 aliphatic rings. The van der Waals surface area contributed by atoms with Crippen LogP contribution >= 0.6 is 34.7 Å². The van der Waals surface area contributed by atoms with Gasteiger partial charge in [0, 0.05) is 57.5 Å². The number of fused-ring (bicyclic) bond motifs is 3. The van der Waals surface area contributed by atoms with Crippen LogP contribution in [-0.4, -0.2) is 36.5 Å². The van der Waals surface area contributed by atoms with Crippen LogP contribution in [0.1, 0.15) is 27.7 Å². The quantitative estimate of drug-likeness (QED) is 0.451. The first-order chi connectivity index (χ1) is 14.5. The molecule has 1 saturated heterocycles. The van der Waals surface area contributed by atoms with Gasteiger partial charge in [0.1, 0.15) is 0 Å². The largest absolute Gasteiger partial charge is 0.365 e. The van der Waals surface area contributed by atoms with Crippen molar-refractivity contribution >= 4 is 46.3 Å². The van der Waals surface area contributed by atoms with Crippen LogP contribution in [0.5, 0.6) is 0 Å². The van der Waals surface area contributed by atoms with Gasteiger partial charge in [-0.3, -0.25) is 4.79 Å². The third-order valence-electron chi connectivity index (χ3n) is 5.84. The number of amides is 1. The second-order valence-corrected chi connectivity index (χ2v) is 10.5. The Balaban J connectivity index is 1.35. The molecule has 30 heavy (non-hydrogen) atoms. The number of rotatable bonds is 2. The fourth-order valence-corrected chi connectivity index (χ4v) is 6.97. The van der Waals surface area contributed by atoms with Gasteiger partial charge in [0.25, 0.3) is 5.91 Å². The molecule has 1 amide bonds. The molecule has 2 aromatic carbocycles. The van der Waals surface area contributed by atoms with Crippen molar-refractivity contribution in [3.05, 3.63) is 69.6 Å². The minimum Gasteiger partial charge on any atom is -0.365 e. The Hall–Kier alpha value is -1.95. The second-order valence-electron chi connectivity index (χ2n) is 8.03. The molecule has 0 bridgehead atoms. The van der Waals surface area contributed by atoms with E-state index >= 15 is 0 Å². The van der Waals surface area contributed by atoms with E-state index in [1.54, 1.807) is 23.1 Å². The smallest absolute Gasteiger partial charge is 0.264 e. The molecule has 154 valence electrons. The maximum atomic E-state index is 13.3. The molecule has 0 unspecified atom stereocenters. The van der Waals surface area contributed by atoms with Crippen LogP contribution in [0.25, 0.3) is 10.4 Å². The van der Waals surface area contributed by atoms with Crippen LogP contribution < -0.4 is 4.90 Å². The molecule has 3 aromatic rings. The standard InChI is InChI=1S/C24H23ClN2OS2/c1-15-4-3-5-19(10-15)27-9-8-26(13-16(27)2)24(28)22-11-17-14-29-21-12-18(25)6-7-20(21)23(17)30-22/h3-7,10-12,16H,8-9,13-14H2,1-2H3/t16-/m1/s1. The van der Waals surface area contributed by atoms with Gasteiger partial charge in [-0.1, -0.05) is 29.8 Å². The Kier molecular flexibility index (Phi) is 5.30. The number of benzene rings is 2. The summed E-state index contributed by atoms with van der Waals surface area (Å²) in [6.07, 6.45) is 0. The highest BCUT2D eigenvalue weighted by atomic mass is 35.5. The van der Waals surface area contributed by atoms with Crippen molar-refractivity contribution in [2.24, 2.45) is 0 Å². The van der Waals surface area contributed by atoms with Crippen LogP contribution in [0.2, 0.25) is 5.02 Å². The lowest BCUT2D eigenvalue weighted by Crippen LogP contribution is -2.53. The average Bonchev–Trinajstić information content (AvgIpc) is 3.17. The summed E-state index contributed by atoms with van der Waals surface area (Å²) >= 11 is 9.59. The van der Waals surface area contributed by atoms with E-state index in [1.165, 1.54) is 32.2 Å². The Morgan fingerprint density at radius 2 is 2.00 bits per heavy atom. The van der Waals surface area contributed by atoms with Gasteiger partial charge >= 0.3 is 0 Å². The van der Waals surface area contributed by atoms with E-state index < -0.39 is 0 Å². The van der Waals surface area contributed by atoms with Crippen molar-refractivity contribution in [2.45, 2.75) is 30.5 Å². The average molecular weight is 455 g/mol. The Morgan fingerprint density at radius 3 is 2.80 bits per heavy atom. The number of piperazine rings is 1. The monoisotopic (exact) mass is 454 g/mol. The molecule has 3 nitrogen and oxygen atoms in total. The van der Waals surface area contributed by atoms with Crippen LogP contribution in [-0.2, 0) is 5.75 Å². The molecule has 6 heteroatoms. The van der Waals surface area contributed by atoms with Crippen LogP contribution in [0, 0.1) is 6.92 Å². The van der Waals surface area contributed by atoms with Gasteiger partial charge in [-0.25, -0.2) is 0 Å². The summed E-state index contributed by atoms with van der Waals surface area (Å²) in [5.74, 6) is 1.05. The first kappa shape index (κ1) is 20.0. The van der Waals surface area contributed by atoms with E-state index in [0.717, 1.165) is 35.3 Å². The Labute approximate surface area is 190 Å². The zero-order valence-corrected chi connectivity index (χ0v) is 19.4. The number of hydrogen-bond acceptors (Lipinski definition) is 4. The number of anilines is 1. The predicted molar refractivity (Wildman–Crippen MR) is 128 cm³/mol. The lowest BCUT2D eigenvalue weighted by Gasteiger charge is -2.41. The number of halogens is 1. The zero-order chi connectivity index (χ0) is 20.8. The summed E-state index contributed by atoms with van der Waals surface area (Å²) in [5.41, 5.74) is 4.97. The third kappa shape index (κ3) is 3.64. The summed E-state index contributed by atoms with van der Waals surface area (Å²) < 4.78 is 0. The number of thiophene rings is 1. The van der Waals surface area contributed by atoms with Crippen LogP contribution in [0.15, 0.2) is 53.4 Å². The fraction of sp³-hybridized carbons (Fsp3) is 0.292. The minimum absolute atomic E-state index is 0.158. The number of thioether (sulfide) groups is 1. The highest BCUT2D eigenvalue weighted by Crippen LogP contribution is 2.46. The highest BCUT2D eigenvalue weighted by Gasteiger charge is 2.30. The Morgan fingerprint density at radius 1 is 1.13 bits per heavy atom. The lowest BCUT2D eigenvalue weighted by molar-refractivity contribution is 0.0731. The van der Waals surface area contributed by atoms with E-state index in [9.17, 15) is 4.79 Å². The maximum absolute atomic E-state index is 13.3.